The van der Waals surface area contributed by atoms with Gasteiger partial charge in [-0.25, -0.2) is 0 Å². The zero-order chi connectivity index (χ0) is 19.5. The first-order valence-electron chi connectivity index (χ1n) is 9.79. The van der Waals surface area contributed by atoms with Crippen molar-refractivity contribution in [1.82, 2.24) is 5.43 Å². The van der Waals surface area contributed by atoms with E-state index in [4.69, 9.17) is 4.74 Å². The summed E-state index contributed by atoms with van der Waals surface area (Å²) in [7, 11) is 1.66. The van der Waals surface area contributed by atoms with E-state index in [1.807, 2.05) is 24.3 Å². The molecule has 6 heteroatoms. The highest BCUT2D eigenvalue weighted by Crippen LogP contribution is 2.32. The van der Waals surface area contributed by atoms with E-state index in [0.29, 0.717) is 0 Å². The third-order valence-electron chi connectivity index (χ3n) is 5.31. The van der Waals surface area contributed by atoms with Crippen LogP contribution in [0.5, 0.6) is 0 Å². The molecule has 1 saturated heterocycles. The van der Waals surface area contributed by atoms with Crippen molar-refractivity contribution in [2.75, 3.05) is 30.4 Å². The van der Waals surface area contributed by atoms with Crippen molar-refractivity contribution in [3.63, 3.8) is 0 Å². The van der Waals surface area contributed by atoms with Gasteiger partial charge in [-0.2, -0.15) is 5.10 Å². The van der Waals surface area contributed by atoms with E-state index in [0.717, 1.165) is 46.9 Å². The third-order valence-corrected chi connectivity index (χ3v) is 5.31. The average molecular weight is 378 g/mol. The zero-order valence-corrected chi connectivity index (χ0v) is 16.4. The molecule has 2 aliphatic rings. The van der Waals surface area contributed by atoms with E-state index in [2.05, 4.69) is 38.9 Å². The topological polar surface area (TPSA) is 66.0 Å². The molecular formula is C22H26N4O2. The van der Waals surface area contributed by atoms with Crippen LogP contribution < -0.4 is 15.6 Å². The number of piperidine rings is 1. The number of methoxy groups -OCH3 is 1. The number of nitrogens with zero attached hydrogens (tertiary/aromatic N) is 2. The van der Waals surface area contributed by atoms with Gasteiger partial charge in [0.2, 0.25) is 5.91 Å². The number of carbonyl (C=O) groups is 1. The number of carbonyl (C=O) groups excluding carboxylic acids is 1. The number of benzene rings is 2. The van der Waals surface area contributed by atoms with Crippen molar-refractivity contribution in [2.45, 2.75) is 32.4 Å². The smallest absolute Gasteiger partial charge is 0.221 e. The van der Waals surface area contributed by atoms with Gasteiger partial charge in [-0.15, -0.1) is 0 Å². The van der Waals surface area contributed by atoms with Crippen LogP contribution in [-0.4, -0.2) is 31.8 Å². The van der Waals surface area contributed by atoms with Crippen LogP contribution in [0.1, 0.15) is 49.1 Å². The molecule has 28 heavy (non-hydrogen) atoms. The van der Waals surface area contributed by atoms with Crippen LogP contribution in [0.15, 0.2) is 47.6 Å². The minimum absolute atomic E-state index is 0.0704. The Labute approximate surface area is 165 Å². The normalized spacial score (nSPS) is 18.7. The summed E-state index contributed by atoms with van der Waals surface area (Å²) in [6.45, 7) is 3.59. The summed E-state index contributed by atoms with van der Waals surface area (Å²) < 4.78 is 5.49. The molecule has 1 unspecified atom stereocenters. The molecule has 0 aliphatic carbocycles. The number of ether oxygens (including phenoxy) is 1. The SMILES string of the molecule is COC1NN=C(c2ccc(N3CCCCC3)c(NC(C)=O)c2)c2ccccc21. The van der Waals surface area contributed by atoms with Gasteiger partial charge < -0.3 is 15.0 Å². The molecule has 0 aromatic heterocycles. The average Bonchev–Trinajstić information content (AvgIpc) is 2.73. The number of fused-ring (bicyclic) bond motifs is 1. The summed E-state index contributed by atoms with van der Waals surface area (Å²) >= 11 is 0. The molecule has 4 rings (SSSR count). The standard InChI is InChI=1S/C22H26N4O2/c1-15(27)23-19-14-16(10-11-20(19)26-12-6-3-7-13-26)21-17-8-4-5-9-18(17)22(28-2)25-24-21/h4-5,8-11,14,22,25H,3,6-7,12-13H2,1-2H3,(H,23,27). The quantitative estimate of drug-likeness (QED) is 0.853. The highest BCUT2D eigenvalue weighted by Gasteiger charge is 2.24. The second-order valence-electron chi connectivity index (χ2n) is 7.25. The first kappa shape index (κ1) is 18.5. The van der Waals surface area contributed by atoms with Gasteiger partial charge in [-0.3, -0.25) is 10.2 Å². The van der Waals surface area contributed by atoms with Gasteiger partial charge in [0.25, 0.3) is 0 Å². The number of hydrogen-bond donors (Lipinski definition) is 2. The lowest BCUT2D eigenvalue weighted by Crippen LogP contribution is -2.31. The highest BCUT2D eigenvalue weighted by atomic mass is 16.5. The largest absolute Gasteiger partial charge is 0.370 e. The van der Waals surface area contributed by atoms with E-state index in [1.54, 1.807) is 14.0 Å². The van der Waals surface area contributed by atoms with Crippen LogP contribution in [0.4, 0.5) is 11.4 Å². The molecule has 1 atom stereocenters. The van der Waals surface area contributed by atoms with E-state index in [9.17, 15) is 4.79 Å². The molecule has 1 fully saturated rings. The Bertz CT molecular complexity index is 903. The number of hydrazone groups is 1. The first-order valence-corrected chi connectivity index (χ1v) is 9.79. The van der Waals surface area contributed by atoms with E-state index >= 15 is 0 Å². The van der Waals surface area contributed by atoms with Crippen LogP contribution in [0.2, 0.25) is 0 Å². The maximum absolute atomic E-state index is 11.8. The van der Waals surface area contributed by atoms with Crippen molar-refractivity contribution in [3.05, 3.63) is 59.2 Å². The second-order valence-corrected chi connectivity index (χ2v) is 7.25. The summed E-state index contributed by atoms with van der Waals surface area (Å²) in [6.07, 6.45) is 3.37. The van der Waals surface area contributed by atoms with Crippen molar-refractivity contribution in [3.8, 4) is 0 Å². The second kappa shape index (κ2) is 8.02. The highest BCUT2D eigenvalue weighted by molar-refractivity contribution is 6.15. The van der Waals surface area contributed by atoms with Gasteiger partial charge in [0.15, 0.2) is 6.23 Å². The molecule has 6 nitrogen and oxygen atoms in total. The monoisotopic (exact) mass is 378 g/mol. The van der Waals surface area contributed by atoms with Crippen LogP contribution in [0.3, 0.4) is 0 Å². The Morgan fingerprint density at radius 1 is 1.18 bits per heavy atom. The molecular weight excluding hydrogens is 352 g/mol. The summed E-state index contributed by atoms with van der Waals surface area (Å²) in [6, 6.07) is 14.3. The number of rotatable bonds is 4. The minimum atomic E-state index is -0.262. The summed E-state index contributed by atoms with van der Waals surface area (Å²) in [5.41, 5.74) is 8.88. The fourth-order valence-electron chi connectivity index (χ4n) is 3.98. The van der Waals surface area contributed by atoms with E-state index < -0.39 is 0 Å². The summed E-state index contributed by atoms with van der Waals surface area (Å²) in [5, 5.41) is 7.58. The number of anilines is 2. The molecule has 2 aromatic carbocycles. The zero-order valence-electron chi connectivity index (χ0n) is 16.4. The molecule has 1 amide bonds. The van der Waals surface area contributed by atoms with Gasteiger partial charge in [0.05, 0.1) is 17.1 Å². The molecule has 2 aromatic rings. The maximum atomic E-state index is 11.8. The predicted molar refractivity (Wildman–Crippen MR) is 112 cm³/mol. The van der Waals surface area contributed by atoms with Crippen LogP contribution in [0.25, 0.3) is 0 Å². The lowest BCUT2D eigenvalue weighted by atomic mass is 9.94. The number of nitrogens with one attached hydrogen (secondary N) is 2. The Hall–Kier alpha value is -2.86. The molecule has 2 heterocycles. The fraction of sp³-hybridized carbons (Fsp3) is 0.364. The molecule has 2 aliphatic heterocycles. The van der Waals surface area contributed by atoms with Gasteiger partial charge in [0, 0.05) is 43.8 Å². The Balaban J connectivity index is 1.74. The fourth-order valence-corrected chi connectivity index (χ4v) is 3.98. The van der Waals surface area contributed by atoms with Gasteiger partial charge in [-0.05, 0) is 31.4 Å². The molecule has 0 bridgehead atoms. The van der Waals surface area contributed by atoms with Crippen molar-refractivity contribution in [2.24, 2.45) is 5.10 Å². The van der Waals surface area contributed by atoms with Gasteiger partial charge in [0.1, 0.15) is 0 Å². The van der Waals surface area contributed by atoms with E-state index in [-0.39, 0.29) is 12.1 Å². The van der Waals surface area contributed by atoms with Crippen molar-refractivity contribution in [1.29, 1.82) is 0 Å². The minimum Gasteiger partial charge on any atom is -0.370 e. The Morgan fingerprint density at radius 3 is 2.71 bits per heavy atom. The third kappa shape index (κ3) is 3.60. The summed E-state index contributed by atoms with van der Waals surface area (Å²) in [5.74, 6) is -0.0704. The van der Waals surface area contributed by atoms with Crippen LogP contribution >= 0.6 is 0 Å². The number of amides is 1. The number of hydrogen-bond acceptors (Lipinski definition) is 5. The van der Waals surface area contributed by atoms with Crippen LogP contribution in [-0.2, 0) is 9.53 Å². The van der Waals surface area contributed by atoms with Gasteiger partial charge in [-0.1, -0.05) is 30.3 Å². The molecule has 0 saturated carbocycles. The van der Waals surface area contributed by atoms with Gasteiger partial charge >= 0.3 is 0 Å². The molecule has 0 spiro atoms. The molecule has 0 radical (unpaired) electrons. The lowest BCUT2D eigenvalue weighted by Gasteiger charge is -2.31. The lowest BCUT2D eigenvalue weighted by molar-refractivity contribution is -0.114. The van der Waals surface area contributed by atoms with Crippen molar-refractivity contribution >= 4 is 23.0 Å². The van der Waals surface area contributed by atoms with Crippen molar-refractivity contribution < 1.29 is 9.53 Å². The first-order chi connectivity index (χ1) is 13.7. The Morgan fingerprint density at radius 2 is 1.96 bits per heavy atom. The maximum Gasteiger partial charge on any atom is 0.221 e. The van der Waals surface area contributed by atoms with Crippen LogP contribution in [0, 0.1) is 0 Å². The Kier molecular flexibility index (Phi) is 5.30. The molecule has 146 valence electrons. The molecule has 2 N–H and O–H groups in total. The van der Waals surface area contributed by atoms with E-state index in [1.165, 1.54) is 19.3 Å². The predicted octanol–water partition coefficient (Wildman–Crippen LogP) is 3.64. The summed E-state index contributed by atoms with van der Waals surface area (Å²) in [4.78, 5) is 14.2.